The molecule has 0 aliphatic carbocycles. The summed E-state index contributed by atoms with van der Waals surface area (Å²) in [5.41, 5.74) is -0.963. The predicted octanol–water partition coefficient (Wildman–Crippen LogP) is 0.688. The highest BCUT2D eigenvalue weighted by Gasteiger charge is 2.22. The number of nitrogens with one attached hydrogen (secondary N) is 1. The Kier molecular flexibility index (Phi) is 4.45. The Morgan fingerprint density at radius 1 is 1.50 bits per heavy atom. The van der Waals surface area contributed by atoms with Crippen LogP contribution in [0.2, 0.25) is 0 Å². The normalized spacial score (nSPS) is 11.2. The van der Waals surface area contributed by atoms with E-state index in [1.165, 1.54) is 13.2 Å². The summed E-state index contributed by atoms with van der Waals surface area (Å²) in [6, 6.07) is 3.50. The first-order valence-electron chi connectivity index (χ1n) is 4.83. The number of hydrogen-bond donors (Lipinski definition) is 2. The van der Waals surface area contributed by atoms with Gasteiger partial charge in [0.1, 0.15) is 5.75 Å². The second-order valence-electron chi connectivity index (χ2n) is 3.34. The van der Waals surface area contributed by atoms with E-state index in [2.05, 4.69) is 4.74 Å². The third-order valence-corrected chi connectivity index (χ3v) is 3.25. The number of phenols is 1. The highest BCUT2D eigenvalue weighted by molar-refractivity contribution is 7.92. The molecular formula is C9H12N2O6S. The van der Waals surface area contributed by atoms with Crippen LogP contribution in [0.4, 0.5) is 11.4 Å². The molecule has 0 fully saturated rings. The number of hydrogen-bond acceptors (Lipinski definition) is 6. The summed E-state index contributed by atoms with van der Waals surface area (Å²) < 4.78 is 29.7. The predicted molar refractivity (Wildman–Crippen MR) is 64.0 cm³/mol. The quantitative estimate of drug-likeness (QED) is 0.448. The molecule has 1 rings (SSSR count). The van der Waals surface area contributed by atoms with Gasteiger partial charge < -0.3 is 9.84 Å². The molecule has 0 unspecified atom stereocenters. The van der Waals surface area contributed by atoms with Gasteiger partial charge in [0, 0.05) is 13.2 Å². The largest absolute Gasteiger partial charge is 0.505 e. The number of nitro benzene ring substituents is 1. The molecule has 0 saturated heterocycles. The molecule has 0 amide bonds. The fourth-order valence-corrected chi connectivity index (χ4v) is 2.19. The van der Waals surface area contributed by atoms with Crippen molar-refractivity contribution in [3.05, 3.63) is 28.3 Å². The van der Waals surface area contributed by atoms with E-state index in [9.17, 15) is 23.6 Å². The maximum Gasteiger partial charge on any atom is 0.297 e. The van der Waals surface area contributed by atoms with Crippen molar-refractivity contribution in [1.29, 1.82) is 0 Å². The van der Waals surface area contributed by atoms with Crippen LogP contribution in [0.15, 0.2) is 18.2 Å². The lowest BCUT2D eigenvalue weighted by Crippen LogP contribution is -2.20. The lowest BCUT2D eigenvalue weighted by Gasteiger charge is -2.09. The van der Waals surface area contributed by atoms with Gasteiger partial charge in [-0.2, -0.15) is 0 Å². The maximum absolute atomic E-state index is 11.6. The lowest BCUT2D eigenvalue weighted by molar-refractivity contribution is -0.383. The smallest absolute Gasteiger partial charge is 0.297 e. The van der Waals surface area contributed by atoms with Crippen LogP contribution in [0, 0.1) is 10.1 Å². The van der Waals surface area contributed by atoms with E-state index in [0.29, 0.717) is 0 Å². The lowest BCUT2D eigenvalue weighted by atomic mass is 10.2. The van der Waals surface area contributed by atoms with E-state index < -0.39 is 32.1 Å². The van der Waals surface area contributed by atoms with Crippen molar-refractivity contribution in [3.8, 4) is 5.75 Å². The van der Waals surface area contributed by atoms with E-state index in [1.54, 1.807) is 0 Å². The van der Waals surface area contributed by atoms with E-state index >= 15 is 0 Å². The number of methoxy groups -OCH3 is 1. The van der Waals surface area contributed by atoms with Gasteiger partial charge in [0.15, 0.2) is 5.69 Å². The molecule has 1 aromatic carbocycles. The van der Waals surface area contributed by atoms with E-state index in [4.69, 9.17) is 0 Å². The van der Waals surface area contributed by atoms with Crippen LogP contribution < -0.4 is 4.72 Å². The fraction of sp³-hybridized carbons (Fsp3) is 0.333. The van der Waals surface area contributed by atoms with Crippen molar-refractivity contribution in [3.63, 3.8) is 0 Å². The highest BCUT2D eigenvalue weighted by atomic mass is 32.2. The van der Waals surface area contributed by atoms with Crippen molar-refractivity contribution in [2.45, 2.75) is 0 Å². The number of para-hydroxylation sites is 1. The first-order chi connectivity index (χ1) is 8.37. The molecule has 0 atom stereocenters. The Balaban J connectivity index is 3.07. The summed E-state index contributed by atoms with van der Waals surface area (Å²) in [7, 11) is -2.48. The number of sulfonamides is 1. The van der Waals surface area contributed by atoms with Crippen LogP contribution >= 0.6 is 0 Å². The molecule has 0 bridgehead atoms. The Labute approximate surface area is 103 Å². The number of benzene rings is 1. The summed E-state index contributed by atoms with van der Waals surface area (Å²) in [6.45, 7) is -0.0588. The molecule has 1 aromatic rings. The van der Waals surface area contributed by atoms with Crippen LogP contribution in [0.3, 0.4) is 0 Å². The van der Waals surface area contributed by atoms with E-state index in [1.807, 2.05) is 4.72 Å². The number of nitrogens with zero attached hydrogens (tertiary/aromatic N) is 1. The molecular weight excluding hydrogens is 264 g/mol. The number of ether oxygens (including phenoxy) is 1. The number of rotatable bonds is 6. The maximum atomic E-state index is 11.6. The Bertz CT molecular complexity index is 542. The molecule has 0 spiro atoms. The van der Waals surface area contributed by atoms with Gasteiger partial charge in [-0.25, -0.2) is 8.42 Å². The van der Waals surface area contributed by atoms with Gasteiger partial charge >= 0.3 is 0 Å². The molecule has 2 N–H and O–H groups in total. The first kappa shape index (κ1) is 14.2. The second-order valence-corrected chi connectivity index (χ2v) is 5.18. The molecule has 0 aliphatic rings. The molecule has 0 heterocycles. The number of nitro groups is 1. The molecule has 0 saturated carbocycles. The summed E-state index contributed by atoms with van der Waals surface area (Å²) in [4.78, 5) is 9.92. The number of anilines is 1. The molecule has 0 aromatic heterocycles. The van der Waals surface area contributed by atoms with Gasteiger partial charge in [-0.05, 0) is 6.07 Å². The van der Waals surface area contributed by atoms with Gasteiger partial charge in [0.2, 0.25) is 10.0 Å². The van der Waals surface area contributed by atoms with Gasteiger partial charge in [-0.3, -0.25) is 14.8 Å². The van der Waals surface area contributed by atoms with Crippen LogP contribution in [0.5, 0.6) is 5.75 Å². The Morgan fingerprint density at radius 2 is 2.17 bits per heavy atom. The average molecular weight is 276 g/mol. The minimum atomic E-state index is -3.81. The highest BCUT2D eigenvalue weighted by Crippen LogP contribution is 2.33. The topological polar surface area (TPSA) is 119 Å². The first-order valence-corrected chi connectivity index (χ1v) is 6.48. The number of phenolic OH excluding ortho intramolecular Hbond substituents is 1. The van der Waals surface area contributed by atoms with Crippen molar-refractivity contribution in [2.75, 3.05) is 24.2 Å². The summed E-state index contributed by atoms with van der Waals surface area (Å²) >= 11 is 0. The minimum absolute atomic E-state index is 0.0588. The third-order valence-electron chi connectivity index (χ3n) is 2.03. The second kappa shape index (κ2) is 5.65. The molecule has 8 nitrogen and oxygen atoms in total. The Hall–Kier alpha value is -1.87. The van der Waals surface area contributed by atoms with Gasteiger partial charge in [0.05, 0.1) is 17.3 Å². The Morgan fingerprint density at radius 3 is 2.72 bits per heavy atom. The fourth-order valence-electron chi connectivity index (χ4n) is 1.18. The molecule has 0 radical (unpaired) electrons. The zero-order valence-electron chi connectivity index (χ0n) is 9.49. The monoisotopic (exact) mass is 276 g/mol. The van der Waals surface area contributed by atoms with Crippen LogP contribution in [0.1, 0.15) is 0 Å². The summed E-state index contributed by atoms with van der Waals surface area (Å²) in [5.74, 6) is -0.875. The van der Waals surface area contributed by atoms with Gasteiger partial charge in [0.25, 0.3) is 5.69 Å². The molecule has 100 valence electrons. The zero-order valence-corrected chi connectivity index (χ0v) is 10.3. The van der Waals surface area contributed by atoms with Crippen LogP contribution in [-0.4, -0.2) is 37.9 Å². The molecule has 0 aliphatic heterocycles. The van der Waals surface area contributed by atoms with Crippen molar-refractivity contribution < 1.29 is 23.2 Å². The zero-order chi connectivity index (χ0) is 13.8. The summed E-state index contributed by atoms with van der Waals surface area (Å²) in [5, 5.41) is 20.2. The van der Waals surface area contributed by atoms with Crippen LogP contribution in [0.25, 0.3) is 0 Å². The van der Waals surface area contributed by atoms with Crippen molar-refractivity contribution in [1.82, 2.24) is 0 Å². The third kappa shape index (κ3) is 3.57. The van der Waals surface area contributed by atoms with E-state index in [0.717, 1.165) is 12.1 Å². The van der Waals surface area contributed by atoms with Crippen molar-refractivity contribution >= 4 is 21.4 Å². The number of aromatic hydroxyl groups is 1. The SMILES string of the molecule is COCCS(=O)(=O)Nc1c(O)cccc1[N+](=O)[O-]. The molecule has 18 heavy (non-hydrogen) atoms. The molecule has 9 heteroatoms. The van der Waals surface area contributed by atoms with Crippen molar-refractivity contribution in [2.24, 2.45) is 0 Å². The minimum Gasteiger partial charge on any atom is -0.505 e. The average Bonchev–Trinajstić information content (AvgIpc) is 2.28. The summed E-state index contributed by atoms with van der Waals surface area (Å²) in [6.07, 6.45) is 0. The standard InChI is InChI=1S/C9H12N2O6S/c1-17-5-6-18(15,16)10-9-7(11(13)14)3-2-4-8(9)12/h2-4,10,12H,5-6H2,1H3. The van der Waals surface area contributed by atoms with Gasteiger partial charge in [-0.1, -0.05) is 6.07 Å². The van der Waals surface area contributed by atoms with Crippen LogP contribution in [-0.2, 0) is 14.8 Å². The van der Waals surface area contributed by atoms with E-state index in [-0.39, 0.29) is 12.4 Å². The van der Waals surface area contributed by atoms with Gasteiger partial charge in [-0.15, -0.1) is 0 Å².